The first-order chi connectivity index (χ1) is 19.8. The molecule has 1 aliphatic heterocycles. The van der Waals surface area contributed by atoms with Crippen LogP contribution in [0, 0.1) is 5.41 Å². The third kappa shape index (κ3) is 7.08. The fourth-order valence-electron chi connectivity index (χ4n) is 5.98. The Bertz CT molecular complexity index is 1400. The summed E-state index contributed by atoms with van der Waals surface area (Å²) in [7, 11) is -4.11. The molecule has 5 N–H and O–H groups in total. The Morgan fingerprint density at radius 1 is 1.29 bits per heavy atom. The number of benzene rings is 1. The van der Waals surface area contributed by atoms with Gasteiger partial charge in [0.2, 0.25) is 11.9 Å². The number of hydrogen-bond acceptors (Lipinski definition) is 9. The zero-order valence-corrected chi connectivity index (χ0v) is 24.5. The Kier molecular flexibility index (Phi) is 9.87. The van der Waals surface area contributed by atoms with E-state index >= 15 is 0 Å². The molecule has 2 aliphatic rings. The monoisotopic (exact) mass is 634 g/mol. The number of rotatable bonds is 10. The Labute approximate surface area is 247 Å². The van der Waals surface area contributed by atoms with E-state index in [1.54, 1.807) is 7.11 Å². The first kappa shape index (κ1) is 32.2. The first-order valence-electron chi connectivity index (χ1n) is 13.5. The lowest BCUT2D eigenvalue weighted by atomic mass is 9.67. The summed E-state index contributed by atoms with van der Waals surface area (Å²) in [5, 5.41) is 2.31. The maximum Gasteiger partial charge on any atom is 0.408 e. The molecule has 3 atom stereocenters. The van der Waals surface area contributed by atoms with E-state index in [4.69, 9.17) is 22.1 Å². The van der Waals surface area contributed by atoms with Crippen molar-refractivity contribution in [2.75, 3.05) is 44.0 Å². The van der Waals surface area contributed by atoms with Crippen LogP contribution >= 0.6 is 11.6 Å². The highest BCUT2D eigenvalue weighted by Gasteiger charge is 2.66. The van der Waals surface area contributed by atoms with Gasteiger partial charge in [0.25, 0.3) is 10.1 Å². The number of nitrogens with one attached hydrogen (secondary N) is 2. The van der Waals surface area contributed by atoms with Crippen molar-refractivity contribution in [1.82, 2.24) is 14.9 Å². The number of alkyl halides is 3. The van der Waals surface area contributed by atoms with Crippen LogP contribution in [0.3, 0.4) is 0 Å². The van der Waals surface area contributed by atoms with Crippen molar-refractivity contribution in [2.24, 2.45) is 11.1 Å². The van der Waals surface area contributed by atoms with Crippen LogP contribution in [-0.2, 0) is 32.5 Å². The van der Waals surface area contributed by atoms with Gasteiger partial charge in [0, 0.05) is 38.5 Å². The lowest BCUT2D eigenvalue weighted by Gasteiger charge is -2.46. The smallest absolute Gasteiger partial charge is 0.383 e. The molecular weight excluding hydrogens is 601 g/mol. The highest BCUT2D eigenvalue weighted by Crippen LogP contribution is 2.49. The van der Waals surface area contributed by atoms with E-state index in [1.165, 1.54) is 11.8 Å². The van der Waals surface area contributed by atoms with Gasteiger partial charge in [-0.05, 0) is 48.9 Å². The molecule has 16 heteroatoms. The lowest BCUT2D eigenvalue weighted by Crippen LogP contribution is -2.64. The molecule has 1 fully saturated rings. The molecule has 0 saturated heterocycles. The zero-order chi connectivity index (χ0) is 30.7. The van der Waals surface area contributed by atoms with Crippen LogP contribution < -0.4 is 16.4 Å². The predicted octanol–water partition coefficient (Wildman–Crippen LogP) is 3.57. The number of carbonyl (C=O) groups is 1. The SMILES string of the molecule is COCCN1CCc2ccc(Nc3ncc(Cl)c(N[C@@H]4CCCC[C@@]4(C(N)=O)C(C(F)(F)F)S(=O)(=O)O)n3)cc2CC1. The third-order valence-corrected chi connectivity index (χ3v) is 9.56. The minimum atomic E-state index is -5.78. The van der Waals surface area contributed by atoms with Gasteiger partial charge in [0.1, 0.15) is 5.02 Å². The van der Waals surface area contributed by atoms with Crippen LogP contribution in [0.25, 0.3) is 0 Å². The zero-order valence-electron chi connectivity index (χ0n) is 23.0. The summed E-state index contributed by atoms with van der Waals surface area (Å²) in [6.45, 7) is 3.29. The predicted molar refractivity (Wildman–Crippen MR) is 151 cm³/mol. The summed E-state index contributed by atoms with van der Waals surface area (Å²) in [4.78, 5) is 23.4. The topological polar surface area (TPSA) is 160 Å². The Morgan fingerprint density at radius 3 is 2.64 bits per heavy atom. The van der Waals surface area contributed by atoms with Gasteiger partial charge in [0.15, 0.2) is 11.1 Å². The quantitative estimate of drug-likeness (QED) is 0.285. The van der Waals surface area contributed by atoms with E-state index in [9.17, 15) is 30.9 Å². The van der Waals surface area contributed by atoms with E-state index in [-0.39, 0.29) is 29.6 Å². The number of hydrogen-bond donors (Lipinski definition) is 4. The number of nitrogens with zero attached hydrogens (tertiary/aromatic N) is 3. The molecule has 1 aromatic heterocycles. The van der Waals surface area contributed by atoms with Gasteiger partial charge in [-0.15, -0.1) is 0 Å². The highest BCUT2D eigenvalue weighted by atomic mass is 35.5. The van der Waals surface area contributed by atoms with E-state index in [2.05, 4.69) is 25.5 Å². The van der Waals surface area contributed by atoms with Crippen LogP contribution in [0.15, 0.2) is 24.4 Å². The molecule has 4 rings (SSSR count). The van der Waals surface area contributed by atoms with Crippen LogP contribution in [0.1, 0.15) is 36.8 Å². The molecule has 0 radical (unpaired) electrons. The number of ether oxygens (including phenoxy) is 1. The summed E-state index contributed by atoms with van der Waals surface area (Å²) in [5.41, 5.74) is 5.82. The first-order valence-corrected chi connectivity index (χ1v) is 15.4. The van der Waals surface area contributed by atoms with Crippen molar-refractivity contribution in [3.05, 3.63) is 40.5 Å². The number of halogens is 4. The molecule has 232 valence electrons. The van der Waals surface area contributed by atoms with Gasteiger partial charge in [-0.3, -0.25) is 9.35 Å². The molecular formula is C26H34ClF3N6O5S. The third-order valence-electron chi connectivity index (χ3n) is 8.00. The summed E-state index contributed by atoms with van der Waals surface area (Å²) < 4.78 is 81.1. The van der Waals surface area contributed by atoms with E-state index in [1.807, 2.05) is 18.2 Å². The largest absolute Gasteiger partial charge is 0.408 e. The summed E-state index contributed by atoms with van der Waals surface area (Å²) in [6.07, 6.45) is -2.64. The number of primary amides is 1. The van der Waals surface area contributed by atoms with Crippen LogP contribution in [-0.4, -0.2) is 84.6 Å². The fourth-order valence-corrected chi connectivity index (χ4v) is 7.39. The van der Waals surface area contributed by atoms with Crippen molar-refractivity contribution in [3.63, 3.8) is 0 Å². The second-order valence-corrected chi connectivity index (χ2v) is 12.5. The van der Waals surface area contributed by atoms with Crippen molar-refractivity contribution in [2.45, 2.75) is 56.0 Å². The molecule has 1 unspecified atom stereocenters. The Hall–Kier alpha value is -2.72. The molecule has 1 amide bonds. The standard InChI is InChI=1S/C26H34ClF3N6O5S/c1-41-13-12-36-10-7-16-5-6-18(14-17(16)8-11-36)33-24-32-15-19(27)21(35-24)34-20-4-2-3-9-25(20,23(31)37)22(26(28,29)30)42(38,39)40/h5-6,14-15,20,22H,2-4,7-13H2,1H3,(H2,31,37)(H,38,39,40)(H2,32,33,34,35)/t20-,22?,25+/m1/s1. The fraction of sp³-hybridized carbons (Fsp3) is 0.577. The van der Waals surface area contributed by atoms with E-state index in [0.717, 1.165) is 38.0 Å². The van der Waals surface area contributed by atoms with Crippen molar-refractivity contribution in [3.8, 4) is 0 Å². The Balaban J connectivity index is 1.59. The van der Waals surface area contributed by atoms with Crippen molar-refractivity contribution < 1.29 is 35.7 Å². The average Bonchev–Trinajstić information content (AvgIpc) is 3.10. The van der Waals surface area contributed by atoms with Gasteiger partial charge in [-0.2, -0.15) is 26.6 Å². The minimum absolute atomic E-state index is 0.0552. The maximum absolute atomic E-state index is 14.1. The van der Waals surface area contributed by atoms with Gasteiger partial charge in [-0.25, -0.2) is 4.98 Å². The summed E-state index contributed by atoms with van der Waals surface area (Å²) >= 11 is 6.28. The molecule has 0 spiro atoms. The number of fused-ring (bicyclic) bond motifs is 1. The second-order valence-electron chi connectivity index (χ2n) is 10.6. The molecule has 2 aromatic rings. The number of methoxy groups -OCH3 is 1. The normalized spacial score (nSPS) is 22.6. The second kappa shape index (κ2) is 12.9. The molecule has 0 bridgehead atoms. The molecule has 42 heavy (non-hydrogen) atoms. The maximum atomic E-state index is 14.1. The number of nitrogens with two attached hydrogens (primary N) is 1. The molecule has 1 aliphatic carbocycles. The highest BCUT2D eigenvalue weighted by molar-refractivity contribution is 7.86. The van der Waals surface area contributed by atoms with Crippen LogP contribution in [0.4, 0.5) is 30.6 Å². The summed E-state index contributed by atoms with van der Waals surface area (Å²) in [6, 6.07) is 4.42. The Morgan fingerprint density at radius 2 is 2.00 bits per heavy atom. The van der Waals surface area contributed by atoms with Crippen molar-refractivity contribution in [1.29, 1.82) is 0 Å². The van der Waals surface area contributed by atoms with E-state index < -0.39 is 45.3 Å². The van der Waals surface area contributed by atoms with E-state index in [0.29, 0.717) is 18.7 Å². The van der Waals surface area contributed by atoms with Crippen LogP contribution in [0.2, 0.25) is 5.02 Å². The number of aromatic nitrogens is 2. The number of carbonyl (C=O) groups excluding carboxylic acids is 1. The summed E-state index contributed by atoms with van der Waals surface area (Å²) in [5.74, 6) is -1.56. The minimum Gasteiger partial charge on any atom is -0.383 e. The van der Waals surface area contributed by atoms with Crippen molar-refractivity contribution >= 4 is 45.1 Å². The van der Waals surface area contributed by atoms with Gasteiger partial charge in [0.05, 0.1) is 18.2 Å². The average molecular weight is 635 g/mol. The van der Waals surface area contributed by atoms with Gasteiger partial charge < -0.3 is 26.0 Å². The van der Waals surface area contributed by atoms with Gasteiger partial charge >= 0.3 is 6.18 Å². The number of amides is 1. The molecule has 1 aromatic carbocycles. The lowest BCUT2D eigenvalue weighted by molar-refractivity contribution is -0.169. The molecule has 11 nitrogen and oxygen atoms in total. The van der Waals surface area contributed by atoms with Crippen LogP contribution in [0.5, 0.6) is 0 Å². The molecule has 1 saturated carbocycles. The number of anilines is 3. The van der Waals surface area contributed by atoms with Gasteiger partial charge in [-0.1, -0.05) is 30.5 Å². The molecule has 2 heterocycles.